The summed E-state index contributed by atoms with van der Waals surface area (Å²) in [4.78, 5) is 13.2. The van der Waals surface area contributed by atoms with E-state index < -0.39 is 0 Å². The highest BCUT2D eigenvalue weighted by molar-refractivity contribution is 5.89. The first-order valence-corrected chi connectivity index (χ1v) is 6.95. The van der Waals surface area contributed by atoms with Gasteiger partial charge in [0.2, 0.25) is 0 Å². The van der Waals surface area contributed by atoms with Gasteiger partial charge in [-0.05, 0) is 24.5 Å². The highest BCUT2D eigenvalue weighted by atomic mass is 15.3. The number of hydrogen-bond acceptors (Lipinski definition) is 5. The topological polar surface area (TPSA) is 82.5 Å². The Morgan fingerprint density at radius 3 is 2.76 bits per heavy atom. The third kappa shape index (κ3) is 2.44. The van der Waals surface area contributed by atoms with Crippen LogP contribution in [0.25, 0.3) is 11.0 Å². The molecule has 3 rings (SSSR count). The molecular formula is C15H18N6. The van der Waals surface area contributed by atoms with Crippen molar-refractivity contribution in [1.29, 1.82) is 0 Å². The molecule has 0 aliphatic carbocycles. The number of anilines is 1. The number of rotatable bonds is 3. The van der Waals surface area contributed by atoms with Gasteiger partial charge >= 0.3 is 0 Å². The van der Waals surface area contributed by atoms with Crippen molar-refractivity contribution in [3.63, 3.8) is 0 Å². The summed E-state index contributed by atoms with van der Waals surface area (Å²) in [6, 6.07) is 3.91. The van der Waals surface area contributed by atoms with Crippen molar-refractivity contribution in [3.05, 3.63) is 41.6 Å². The number of hydrogen-bond donors (Lipinski definition) is 1. The molecule has 3 aromatic rings. The zero-order valence-electron chi connectivity index (χ0n) is 12.4. The van der Waals surface area contributed by atoms with Gasteiger partial charge in [-0.1, -0.05) is 19.9 Å². The molecule has 0 unspecified atom stereocenters. The summed E-state index contributed by atoms with van der Waals surface area (Å²) in [6.07, 6.45) is 3.57. The SMILES string of the molecule is Cc1nc(C(C)C)c2c(N)nn(Cc3cccnc3)c2n1. The van der Waals surface area contributed by atoms with E-state index in [4.69, 9.17) is 5.73 Å². The van der Waals surface area contributed by atoms with Gasteiger partial charge in [-0.25, -0.2) is 14.6 Å². The monoisotopic (exact) mass is 282 g/mol. The van der Waals surface area contributed by atoms with Crippen LogP contribution < -0.4 is 5.73 Å². The molecule has 0 aliphatic rings. The van der Waals surface area contributed by atoms with Crippen LogP contribution in [0.15, 0.2) is 24.5 Å². The molecule has 0 bridgehead atoms. The van der Waals surface area contributed by atoms with E-state index in [9.17, 15) is 0 Å². The smallest absolute Gasteiger partial charge is 0.164 e. The minimum atomic E-state index is 0.271. The quantitative estimate of drug-likeness (QED) is 0.797. The van der Waals surface area contributed by atoms with E-state index in [-0.39, 0.29) is 5.92 Å². The Kier molecular flexibility index (Phi) is 3.29. The molecule has 3 aromatic heterocycles. The van der Waals surface area contributed by atoms with E-state index >= 15 is 0 Å². The average Bonchev–Trinajstić information content (AvgIpc) is 2.75. The predicted molar refractivity (Wildman–Crippen MR) is 81.9 cm³/mol. The third-order valence-corrected chi connectivity index (χ3v) is 3.36. The Balaban J connectivity index is 2.17. The average molecular weight is 282 g/mol. The van der Waals surface area contributed by atoms with Crippen molar-refractivity contribution in [2.75, 3.05) is 5.73 Å². The number of nitrogens with zero attached hydrogens (tertiary/aromatic N) is 5. The lowest BCUT2D eigenvalue weighted by molar-refractivity contribution is 0.702. The maximum absolute atomic E-state index is 6.09. The first-order chi connectivity index (χ1) is 10.1. The number of aryl methyl sites for hydroxylation is 1. The maximum atomic E-state index is 6.09. The van der Waals surface area contributed by atoms with Crippen molar-refractivity contribution in [1.82, 2.24) is 24.7 Å². The summed E-state index contributed by atoms with van der Waals surface area (Å²) in [5.41, 5.74) is 8.89. The Morgan fingerprint density at radius 1 is 1.29 bits per heavy atom. The lowest BCUT2D eigenvalue weighted by Crippen LogP contribution is -2.05. The lowest BCUT2D eigenvalue weighted by atomic mass is 10.1. The van der Waals surface area contributed by atoms with Crippen LogP contribution >= 0.6 is 0 Å². The van der Waals surface area contributed by atoms with E-state index in [1.54, 1.807) is 6.20 Å². The molecule has 0 fully saturated rings. The zero-order chi connectivity index (χ0) is 15.0. The second kappa shape index (κ2) is 5.12. The van der Waals surface area contributed by atoms with E-state index in [1.165, 1.54) is 0 Å². The minimum Gasteiger partial charge on any atom is -0.382 e. The highest BCUT2D eigenvalue weighted by Gasteiger charge is 2.18. The number of nitrogen functional groups attached to an aromatic ring is 1. The summed E-state index contributed by atoms with van der Waals surface area (Å²) in [5, 5.41) is 5.29. The molecule has 108 valence electrons. The summed E-state index contributed by atoms with van der Waals surface area (Å²) in [5.74, 6) is 1.49. The van der Waals surface area contributed by atoms with E-state index in [2.05, 4.69) is 33.9 Å². The standard InChI is InChI=1S/C15H18N6/c1-9(2)13-12-14(16)20-21(15(12)19-10(3)18-13)8-11-5-4-6-17-7-11/h4-7,9H,8H2,1-3H3,(H2,16,20). The van der Waals surface area contributed by atoms with Gasteiger partial charge in [0.25, 0.3) is 0 Å². The first-order valence-electron chi connectivity index (χ1n) is 6.95. The van der Waals surface area contributed by atoms with Gasteiger partial charge < -0.3 is 5.73 Å². The van der Waals surface area contributed by atoms with Crippen LogP contribution in [0, 0.1) is 6.92 Å². The largest absolute Gasteiger partial charge is 0.382 e. The molecule has 2 N–H and O–H groups in total. The van der Waals surface area contributed by atoms with Gasteiger partial charge in [0.05, 0.1) is 17.6 Å². The Labute approximate surface area is 123 Å². The van der Waals surface area contributed by atoms with Gasteiger partial charge in [-0.3, -0.25) is 4.98 Å². The van der Waals surface area contributed by atoms with Gasteiger partial charge in [-0.2, -0.15) is 5.10 Å². The van der Waals surface area contributed by atoms with Crippen molar-refractivity contribution in [2.24, 2.45) is 0 Å². The van der Waals surface area contributed by atoms with Crippen LogP contribution in [0.1, 0.15) is 36.8 Å². The van der Waals surface area contributed by atoms with Gasteiger partial charge in [0.15, 0.2) is 11.5 Å². The van der Waals surface area contributed by atoms with Crippen molar-refractivity contribution in [2.45, 2.75) is 33.2 Å². The number of pyridine rings is 1. The third-order valence-electron chi connectivity index (χ3n) is 3.36. The normalized spacial score (nSPS) is 11.4. The van der Waals surface area contributed by atoms with E-state index in [0.29, 0.717) is 12.4 Å². The van der Waals surface area contributed by atoms with E-state index in [1.807, 2.05) is 29.9 Å². The van der Waals surface area contributed by atoms with Crippen LogP contribution in [-0.4, -0.2) is 24.7 Å². The molecule has 0 aliphatic heterocycles. The molecule has 3 heterocycles. The Bertz CT molecular complexity index is 776. The molecule has 21 heavy (non-hydrogen) atoms. The number of fused-ring (bicyclic) bond motifs is 1. The van der Waals surface area contributed by atoms with Crippen molar-refractivity contribution < 1.29 is 0 Å². The number of nitrogens with two attached hydrogens (primary N) is 1. The highest BCUT2D eigenvalue weighted by Crippen LogP contribution is 2.27. The first kappa shape index (κ1) is 13.5. The minimum absolute atomic E-state index is 0.271. The molecular weight excluding hydrogens is 264 g/mol. The summed E-state index contributed by atoms with van der Waals surface area (Å²) < 4.78 is 1.82. The molecule has 0 spiro atoms. The molecule has 6 nitrogen and oxygen atoms in total. The summed E-state index contributed by atoms with van der Waals surface area (Å²) in [6.45, 7) is 6.68. The molecule has 0 amide bonds. The van der Waals surface area contributed by atoms with Crippen LogP contribution in [-0.2, 0) is 6.54 Å². The molecule has 0 radical (unpaired) electrons. The van der Waals surface area contributed by atoms with Crippen molar-refractivity contribution >= 4 is 16.9 Å². The van der Waals surface area contributed by atoms with Crippen LogP contribution in [0.2, 0.25) is 0 Å². The zero-order valence-corrected chi connectivity index (χ0v) is 12.4. The van der Waals surface area contributed by atoms with E-state index in [0.717, 1.165) is 28.1 Å². The molecule has 0 saturated heterocycles. The van der Waals surface area contributed by atoms with Crippen LogP contribution in [0.5, 0.6) is 0 Å². The molecule has 0 atom stereocenters. The van der Waals surface area contributed by atoms with Gasteiger partial charge in [0.1, 0.15) is 5.82 Å². The fourth-order valence-corrected chi connectivity index (χ4v) is 2.43. The number of aromatic nitrogens is 5. The van der Waals surface area contributed by atoms with Crippen LogP contribution in [0.3, 0.4) is 0 Å². The van der Waals surface area contributed by atoms with Gasteiger partial charge in [-0.15, -0.1) is 0 Å². The fourth-order valence-electron chi connectivity index (χ4n) is 2.43. The second-order valence-corrected chi connectivity index (χ2v) is 5.41. The summed E-state index contributed by atoms with van der Waals surface area (Å²) in [7, 11) is 0. The van der Waals surface area contributed by atoms with Crippen LogP contribution in [0.4, 0.5) is 5.82 Å². The Morgan fingerprint density at radius 2 is 2.10 bits per heavy atom. The second-order valence-electron chi connectivity index (χ2n) is 5.41. The predicted octanol–water partition coefficient (Wildman–Crippen LogP) is 2.28. The fraction of sp³-hybridized carbons (Fsp3) is 0.333. The molecule has 0 aromatic carbocycles. The lowest BCUT2D eigenvalue weighted by Gasteiger charge is -2.08. The van der Waals surface area contributed by atoms with Crippen molar-refractivity contribution in [3.8, 4) is 0 Å². The Hall–Kier alpha value is -2.50. The molecule has 0 saturated carbocycles. The molecule has 6 heteroatoms. The maximum Gasteiger partial charge on any atom is 0.164 e. The summed E-state index contributed by atoms with van der Waals surface area (Å²) >= 11 is 0. The van der Waals surface area contributed by atoms with Gasteiger partial charge in [0, 0.05) is 12.4 Å².